The topological polar surface area (TPSA) is 65.8 Å². The Balaban J connectivity index is 2.50. The highest BCUT2D eigenvalue weighted by Gasteiger charge is 2.08. The van der Waals surface area contributed by atoms with Crippen molar-refractivity contribution >= 4 is 10.9 Å². The molecule has 0 amide bonds. The summed E-state index contributed by atoms with van der Waals surface area (Å²) in [5, 5.41) is 4.64. The van der Waals surface area contributed by atoms with Gasteiger partial charge in [0, 0.05) is 19.3 Å². The Kier molecular flexibility index (Phi) is 3.57. The largest absolute Gasteiger partial charge is 0.327 e. The summed E-state index contributed by atoms with van der Waals surface area (Å²) in [7, 11) is 0. The summed E-state index contributed by atoms with van der Waals surface area (Å²) in [6, 6.07) is 1.81. The van der Waals surface area contributed by atoms with Gasteiger partial charge >= 0.3 is 0 Å². The Morgan fingerprint density at radius 2 is 2.39 bits per heavy atom. The second-order valence-corrected chi connectivity index (χ2v) is 3.98. The number of nitrogens with two attached hydrogens (primary N) is 1. The van der Waals surface area contributed by atoms with Gasteiger partial charge in [0.25, 0.3) is 5.56 Å². The Morgan fingerprint density at radius 3 is 3.00 bits per heavy atom. The molecule has 0 aliphatic heterocycles. The minimum absolute atomic E-state index is 0.0835. The summed E-state index contributed by atoms with van der Waals surface area (Å²) in [5.74, 6) is 0. The molecular weight excluding hydrogens is 235 g/mol. The molecule has 2 N–H and O–H groups in total. The molecule has 0 aliphatic carbocycles. The second-order valence-electron chi connectivity index (χ2n) is 3.98. The van der Waals surface area contributed by atoms with Crippen LogP contribution >= 0.6 is 0 Å². The van der Waals surface area contributed by atoms with Crippen LogP contribution in [0.4, 0.5) is 4.39 Å². The van der Waals surface area contributed by atoms with E-state index in [1.54, 1.807) is 21.5 Å². The van der Waals surface area contributed by atoms with Crippen LogP contribution in [0.15, 0.2) is 35.2 Å². The lowest BCUT2D eigenvalue weighted by Crippen LogP contribution is -2.18. The fourth-order valence-corrected chi connectivity index (χ4v) is 1.83. The molecular formula is C12H15FN4O. The van der Waals surface area contributed by atoms with E-state index in [2.05, 4.69) is 5.10 Å². The van der Waals surface area contributed by atoms with Gasteiger partial charge in [0.1, 0.15) is 0 Å². The number of aryl methyl sites for hydroxylation is 1. The highest BCUT2D eigenvalue weighted by atomic mass is 19.1. The molecule has 5 nitrogen and oxygen atoms in total. The van der Waals surface area contributed by atoms with Crippen LogP contribution in [0.3, 0.4) is 0 Å². The molecule has 0 aliphatic rings. The lowest BCUT2D eigenvalue weighted by molar-refractivity contribution is 0.645. The van der Waals surface area contributed by atoms with E-state index in [0.29, 0.717) is 29.4 Å². The van der Waals surface area contributed by atoms with Crippen molar-refractivity contribution < 1.29 is 4.39 Å². The molecule has 2 aromatic heterocycles. The van der Waals surface area contributed by atoms with E-state index in [4.69, 9.17) is 5.73 Å². The third-order valence-corrected chi connectivity index (χ3v) is 2.89. The van der Waals surface area contributed by atoms with Crippen LogP contribution in [-0.2, 0) is 13.1 Å². The van der Waals surface area contributed by atoms with Crippen LogP contribution in [-0.4, -0.2) is 20.9 Å². The molecule has 0 aromatic carbocycles. The molecule has 0 radical (unpaired) electrons. The van der Waals surface area contributed by atoms with Crippen LogP contribution in [0.5, 0.6) is 0 Å². The zero-order valence-corrected chi connectivity index (χ0v) is 10.1. The van der Waals surface area contributed by atoms with Crippen LogP contribution in [0, 0.1) is 0 Å². The number of pyridine rings is 1. The second kappa shape index (κ2) is 5.14. The van der Waals surface area contributed by atoms with E-state index in [-0.39, 0.29) is 18.6 Å². The molecule has 0 spiro atoms. The quantitative estimate of drug-likeness (QED) is 0.881. The van der Waals surface area contributed by atoms with Gasteiger partial charge in [0.2, 0.25) is 0 Å². The predicted molar refractivity (Wildman–Crippen MR) is 67.9 cm³/mol. The van der Waals surface area contributed by atoms with Gasteiger partial charge in [-0.2, -0.15) is 5.10 Å². The van der Waals surface area contributed by atoms with Crippen molar-refractivity contribution in [2.45, 2.75) is 20.0 Å². The smallest absolute Gasteiger partial charge is 0.261 e. The Hall–Kier alpha value is -1.95. The molecule has 2 aromatic rings. The van der Waals surface area contributed by atoms with Crippen molar-refractivity contribution in [3.63, 3.8) is 0 Å². The van der Waals surface area contributed by atoms with E-state index >= 15 is 0 Å². The Morgan fingerprint density at radius 1 is 1.61 bits per heavy atom. The van der Waals surface area contributed by atoms with Crippen LogP contribution in [0.1, 0.15) is 6.92 Å². The van der Waals surface area contributed by atoms with Gasteiger partial charge in [-0.3, -0.25) is 9.48 Å². The van der Waals surface area contributed by atoms with Gasteiger partial charge in [0.05, 0.1) is 30.0 Å². The molecule has 96 valence electrons. The average Bonchev–Trinajstić information content (AvgIpc) is 2.80. The Labute approximate surface area is 103 Å². The number of hydrogen-bond donors (Lipinski definition) is 1. The molecule has 0 atom stereocenters. The minimum atomic E-state index is -0.0835. The van der Waals surface area contributed by atoms with Gasteiger partial charge in [0.15, 0.2) is 0 Å². The first kappa shape index (κ1) is 12.5. The van der Waals surface area contributed by atoms with Gasteiger partial charge < -0.3 is 10.3 Å². The van der Waals surface area contributed by atoms with Crippen molar-refractivity contribution in [3.05, 3.63) is 40.7 Å². The lowest BCUT2D eigenvalue weighted by atomic mass is 10.3. The monoisotopic (exact) mass is 250 g/mol. The average molecular weight is 250 g/mol. The number of aromatic nitrogens is 3. The number of halogens is 1. The summed E-state index contributed by atoms with van der Waals surface area (Å²) in [6.07, 6.45) is 3.71. The zero-order valence-electron chi connectivity index (χ0n) is 10.1. The number of nitrogens with zero attached hydrogens (tertiary/aromatic N) is 3. The third kappa shape index (κ3) is 2.06. The molecule has 0 unspecified atom stereocenters. The molecule has 2 rings (SSSR count). The van der Waals surface area contributed by atoms with Gasteiger partial charge in [-0.05, 0) is 18.6 Å². The first-order valence-electron chi connectivity index (χ1n) is 5.74. The summed E-state index contributed by atoms with van der Waals surface area (Å²) in [6.45, 7) is 2.89. The molecule has 0 saturated heterocycles. The molecule has 0 saturated carbocycles. The molecule has 0 bridgehead atoms. The van der Waals surface area contributed by atoms with Gasteiger partial charge in [-0.1, -0.05) is 0 Å². The van der Waals surface area contributed by atoms with E-state index in [0.717, 1.165) is 0 Å². The van der Waals surface area contributed by atoms with E-state index < -0.39 is 0 Å². The minimum Gasteiger partial charge on any atom is -0.327 e. The van der Waals surface area contributed by atoms with Crippen LogP contribution < -0.4 is 11.3 Å². The van der Waals surface area contributed by atoms with E-state index in [1.165, 1.54) is 6.20 Å². The SMILES string of the molecule is CCn1ccc2c(cnn2C/C(=C/F)CN)c1=O. The number of rotatable bonds is 4. The predicted octanol–water partition coefficient (Wildman–Crippen LogP) is 1.03. The van der Waals surface area contributed by atoms with Crippen LogP contribution in [0.25, 0.3) is 10.9 Å². The van der Waals surface area contributed by atoms with Crippen LogP contribution in [0.2, 0.25) is 0 Å². The van der Waals surface area contributed by atoms with Crippen molar-refractivity contribution in [2.75, 3.05) is 6.54 Å². The molecule has 2 heterocycles. The Bertz CT molecular complexity index is 641. The zero-order chi connectivity index (χ0) is 13.1. The summed E-state index contributed by atoms with van der Waals surface area (Å²) < 4.78 is 15.7. The summed E-state index contributed by atoms with van der Waals surface area (Å²) in [5.41, 5.74) is 6.44. The normalized spacial score (nSPS) is 12.3. The summed E-state index contributed by atoms with van der Waals surface area (Å²) in [4.78, 5) is 12.0. The van der Waals surface area contributed by atoms with Gasteiger partial charge in [-0.25, -0.2) is 4.39 Å². The first-order valence-corrected chi connectivity index (χ1v) is 5.74. The number of fused-ring (bicyclic) bond motifs is 1. The fourth-order valence-electron chi connectivity index (χ4n) is 1.83. The van der Waals surface area contributed by atoms with Crippen molar-refractivity contribution in [1.82, 2.24) is 14.3 Å². The maximum atomic E-state index is 12.5. The third-order valence-electron chi connectivity index (χ3n) is 2.89. The van der Waals surface area contributed by atoms with Crippen molar-refractivity contribution in [1.29, 1.82) is 0 Å². The van der Waals surface area contributed by atoms with E-state index in [1.807, 2.05) is 6.92 Å². The maximum Gasteiger partial charge on any atom is 0.261 e. The highest BCUT2D eigenvalue weighted by molar-refractivity contribution is 5.77. The van der Waals surface area contributed by atoms with E-state index in [9.17, 15) is 9.18 Å². The van der Waals surface area contributed by atoms with Crippen molar-refractivity contribution in [3.8, 4) is 0 Å². The molecule has 6 heteroatoms. The summed E-state index contributed by atoms with van der Waals surface area (Å²) >= 11 is 0. The molecule has 18 heavy (non-hydrogen) atoms. The first-order chi connectivity index (χ1) is 8.71. The van der Waals surface area contributed by atoms with Gasteiger partial charge in [-0.15, -0.1) is 0 Å². The number of hydrogen-bond acceptors (Lipinski definition) is 3. The fraction of sp³-hybridized carbons (Fsp3) is 0.333. The van der Waals surface area contributed by atoms with Crippen molar-refractivity contribution in [2.24, 2.45) is 5.73 Å². The molecule has 0 fully saturated rings. The highest BCUT2D eigenvalue weighted by Crippen LogP contribution is 2.10. The maximum absolute atomic E-state index is 12.5. The lowest BCUT2D eigenvalue weighted by Gasteiger charge is -2.06. The standard InChI is InChI=1S/C12H15FN4O/c1-2-16-4-3-11-10(12(16)18)7-15-17(11)8-9(5-13)6-14/h3-5,7H,2,6,8,14H2,1H3/b9-5+.